The molecule has 13 heteroatoms. The third kappa shape index (κ3) is 6.59. The molecule has 40 heavy (non-hydrogen) atoms. The number of Topliss-reactive ketones (excluding diaryl/α,β-unsaturated/α-hetero) is 1. The first kappa shape index (κ1) is 29.0. The first-order valence-electron chi connectivity index (χ1n) is 11.8. The number of carbonyl (C=O) groups excluding carboxylic acids is 1. The van der Waals surface area contributed by atoms with Gasteiger partial charge in [0, 0.05) is 41.4 Å². The van der Waals surface area contributed by atoms with Crippen molar-refractivity contribution in [3.05, 3.63) is 94.6 Å². The summed E-state index contributed by atoms with van der Waals surface area (Å²) >= 11 is 1.13. The molecule has 0 amide bonds. The lowest BCUT2D eigenvalue weighted by molar-refractivity contribution is -0.137. The van der Waals surface area contributed by atoms with Crippen LogP contribution in [0, 0.1) is 0 Å². The Hall–Kier alpha value is -3.97. The Kier molecular flexibility index (Phi) is 8.74. The number of methoxy groups -OCH3 is 2. The monoisotopic (exact) mass is 591 g/mol. The van der Waals surface area contributed by atoms with Crippen LogP contribution in [0.2, 0.25) is 0 Å². The highest BCUT2D eigenvalue weighted by Crippen LogP contribution is 2.32. The Morgan fingerprint density at radius 1 is 1.00 bits per heavy atom. The fourth-order valence-electron chi connectivity index (χ4n) is 3.81. The van der Waals surface area contributed by atoms with E-state index in [4.69, 9.17) is 9.47 Å². The molecule has 0 aliphatic rings. The van der Waals surface area contributed by atoms with Gasteiger partial charge in [0.1, 0.15) is 11.5 Å². The molecule has 0 N–H and O–H groups in total. The van der Waals surface area contributed by atoms with Gasteiger partial charge in [-0.2, -0.15) is 21.6 Å². The number of hydrogen-bond donors (Lipinski definition) is 0. The second-order valence-electron chi connectivity index (χ2n) is 8.51. The van der Waals surface area contributed by atoms with Gasteiger partial charge in [0.15, 0.2) is 15.9 Å². The normalized spacial score (nSPS) is 11.7. The van der Waals surface area contributed by atoms with Crippen molar-refractivity contribution in [3.63, 3.8) is 0 Å². The first-order valence-corrected chi connectivity index (χ1v) is 14.1. The lowest BCUT2D eigenvalue weighted by Crippen LogP contribution is -2.31. The van der Waals surface area contributed by atoms with Gasteiger partial charge in [-0.05, 0) is 48.4 Å². The molecule has 2 aromatic carbocycles. The molecular weight excluding hydrogens is 567 g/mol. The van der Waals surface area contributed by atoms with Crippen LogP contribution in [0.25, 0.3) is 0 Å². The van der Waals surface area contributed by atoms with Crippen molar-refractivity contribution in [2.24, 2.45) is 0 Å². The Labute approximate surface area is 233 Å². The van der Waals surface area contributed by atoms with Crippen molar-refractivity contribution >= 4 is 32.3 Å². The van der Waals surface area contributed by atoms with E-state index < -0.39 is 21.8 Å². The lowest BCUT2D eigenvalue weighted by atomic mass is 10.0. The maximum atomic E-state index is 13.6. The van der Waals surface area contributed by atoms with Gasteiger partial charge in [0.25, 0.3) is 10.0 Å². The molecule has 0 saturated carbocycles. The fraction of sp³-hybridized carbons (Fsp3) is 0.222. The molecule has 0 atom stereocenters. The number of hydrogen-bond acceptors (Lipinski definition) is 8. The zero-order valence-electron chi connectivity index (χ0n) is 21.4. The van der Waals surface area contributed by atoms with Crippen LogP contribution < -0.4 is 13.8 Å². The van der Waals surface area contributed by atoms with Crippen LogP contribution in [0.5, 0.6) is 11.5 Å². The van der Waals surface area contributed by atoms with Crippen molar-refractivity contribution in [2.75, 3.05) is 18.5 Å². The minimum absolute atomic E-state index is 0.0155. The van der Waals surface area contributed by atoms with E-state index in [9.17, 15) is 26.4 Å². The van der Waals surface area contributed by atoms with Gasteiger partial charge in [-0.25, -0.2) is 14.3 Å². The number of carbonyl (C=O) groups is 1. The standard InChI is InChI=1S/C27H24F3N3O5S2/c1-37-22-10-6-20(24(15-22)38-2)17-33(26-31-13-14-39-26)40(35,36)25-12-7-19(16-32-25)23(34)11-5-18-3-8-21(9-4-18)27(28,29)30/h3-4,6-10,12-16H,5,11,17H2,1-2H3. The zero-order chi connectivity index (χ0) is 28.9. The molecule has 4 rings (SSSR count). The average Bonchev–Trinajstić information content (AvgIpc) is 3.49. The highest BCUT2D eigenvalue weighted by Gasteiger charge is 2.31. The molecule has 0 radical (unpaired) electrons. The van der Waals surface area contributed by atoms with E-state index >= 15 is 0 Å². The van der Waals surface area contributed by atoms with Gasteiger partial charge < -0.3 is 9.47 Å². The van der Waals surface area contributed by atoms with E-state index in [0.717, 1.165) is 27.8 Å². The highest BCUT2D eigenvalue weighted by atomic mass is 32.2. The number of aromatic nitrogens is 2. The number of anilines is 1. The van der Waals surface area contributed by atoms with E-state index in [1.165, 1.54) is 50.9 Å². The molecule has 0 fully saturated rings. The van der Waals surface area contributed by atoms with Crippen LogP contribution in [0.1, 0.15) is 33.5 Å². The molecule has 0 bridgehead atoms. The molecule has 0 spiro atoms. The first-order chi connectivity index (χ1) is 19.0. The Bertz CT molecular complexity index is 1560. The molecule has 8 nitrogen and oxygen atoms in total. The summed E-state index contributed by atoms with van der Waals surface area (Å²) in [6, 6.07) is 12.2. The second kappa shape index (κ2) is 12.0. The summed E-state index contributed by atoms with van der Waals surface area (Å²) in [5.74, 6) is 0.652. The number of benzene rings is 2. The molecule has 0 unspecified atom stereocenters. The van der Waals surface area contributed by atoms with Crippen LogP contribution in [0.3, 0.4) is 0 Å². The van der Waals surface area contributed by atoms with Crippen LogP contribution in [0.4, 0.5) is 18.3 Å². The lowest BCUT2D eigenvalue weighted by Gasteiger charge is -2.22. The average molecular weight is 592 g/mol. The predicted octanol–water partition coefficient (Wildman–Crippen LogP) is 5.79. The van der Waals surface area contributed by atoms with Crippen LogP contribution in [-0.2, 0) is 29.2 Å². The number of rotatable bonds is 11. The van der Waals surface area contributed by atoms with Crippen LogP contribution >= 0.6 is 11.3 Å². The molecule has 0 aliphatic heterocycles. The van der Waals surface area contributed by atoms with Crippen molar-refractivity contribution < 1.29 is 35.9 Å². The number of halogens is 3. The number of ether oxygens (including phenoxy) is 2. The maximum absolute atomic E-state index is 13.6. The predicted molar refractivity (Wildman–Crippen MR) is 143 cm³/mol. The van der Waals surface area contributed by atoms with Crippen LogP contribution in [-0.4, -0.2) is 38.4 Å². The van der Waals surface area contributed by atoms with Crippen molar-refractivity contribution in [3.8, 4) is 11.5 Å². The molecule has 210 valence electrons. The summed E-state index contributed by atoms with van der Waals surface area (Å²) in [5.41, 5.74) is 0.558. The SMILES string of the molecule is COc1ccc(CN(c2nccs2)S(=O)(=O)c2ccc(C(=O)CCc3ccc(C(F)(F)F)cc3)cn2)c(OC)c1. The fourth-order valence-corrected chi connectivity index (χ4v) is 5.99. The maximum Gasteiger partial charge on any atom is 0.416 e. The third-order valence-electron chi connectivity index (χ3n) is 5.98. The quantitative estimate of drug-likeness (QED) is 0.204. The van der Waals surface area contributed by atoms with Gasteiger partial charge in [0.05, 0.1) is 26.3 Å². The Morgan fingerprint density at radius 2 is 1.75 bits per heavy atom. The van der Waals surface area contributed by atoms with Crippen molar-refractivity contribution in [1.82, 2.24) is 9.97 Å². The number of ketones is 1. The zero-order valence-corrected chi connectivity index (χ0v) is 23.0. The largest absolute Gasteiger partial charge is 0.497 e. The summed E-state index contributed by atoms with van der Waals surface area (Å²) in [6.07, 6.45) is -1.53. The number of alkyl halides is 3. The Balaban J connectivity index is 1.51. The summed E-state index contributed by atoms with van der Waals surface area (Å²) in [4.78, 5) is 20.9. The van der Waals surface area contributed by atoms with Gasteiger partial charge in [-0.1, -0.05) is 12.1 Å². The van der Waals surface area contributed by atoms with Crippen LogP contribution in [0.15, 0.2) is 77.4 Å². The minimum atomic E-state index is -4.43. The number of thiazole rings is 1. The third-order valence-corrected chi connectivity index (χ3v) is 8.54. The number of nitrogens with zero attached hydrogens (tertiary/aromatic N) is 3. The summed E-state index contributed by atoms with van der Waals surface area (Å²) < 4.78 is 77.3. The highest BCUT2D eigenvalue weighted by molar-refractivity contribution is 7.92. The molecule has 2 aromatic heterocycles. The summed E-state index contributed by atoms with van der Waals surface area (Å²) in [5, 5.41) is 1.58. The van der Waals surface area contributed by atoms with Crippen molar-refractivity contribution in [2.45, 2.75) is 30.6 Å². The second-order valence-corrected chi connectivity index (χ2v) is 11.2. The van der Waals surface area contributed by atoms with Gasteiger partial charge >= 0.3 is 6.18 Å². The van der Waals surface area contributed by atoms with Crippen molar-refractivity contribution in [1.29, 1.82) is 0 Å². The van der Waals surface area contributed by atoms with E-state index in [1.807, 2.05) is 0 Å². The molecule has 2 heterocycles. The van der Waals surface area contributed by atoms with Gasteiger partial charge in [-0.15, -0.1) is 11.3 Å². The summed E-state index contributed by atoms with van der Waals surface area (Å²) in [6.45, 7) is -0.0987. The van der Waals surface area contributed by atoms with E-state index in [2.05, 4.69) is 9.97 Å². The smallest absolute Gasteiger partial charge is 0.416 e. The summed E-state index contributed by atoms with van der Waals surface area (Å²) in [7, 11) is -1.22. The molecular formula is C27H24F3N3O5S2. The number of aryl methyl sites for hydroxylation is 1. The Morgan fingerprint density at radius 3 is 2.33 bits per heavy atom. The molecule has 0 saturated heterocycles. The minimum Gasteiger partial charge on any atom is -0.497 e. The molecule has 4 aromatic rings. The topological polar surface area (TPSA) is 98.7 Å². The molecule has 0 aliphatic carbocycles. The van der Waals surface area contributed by atoms with Gasteiger partial charge in [-0.3, -0.25) is 4.79 Å². The van der Waals surface area contributed by atoms with E-state index in [1.54, 1.807) is 23.6 Å². The van der Waals surface area contributed by atoms with Gasteiger partial charge in [0.2, 0.25) is 0 Å². The number of sulfonamides is 1. The van der Waals surface area contributed by atoms with E-state index in [-0.39, 0.29) is 40.9 Å². The van der Waals surface area contributed by atoms with E-state index in [0.29, 0.717) is 22.6 Å². The number of pyridine rings is 1.